The van der Waals surface area contributed by atoms with Crippen LogP contribution < -0.4 is 10.5 Å². The monoisotopic (exact) mass is 319 g/mol. The van der Waals surface area contributed by atoms with Gasteiger partial charge in [0.1, 0.15) is 5.75 Å². The number of halogens is 1. The fourth-order valence-electron chi connectivity index (χ4n) is 2.37. The Morgan fingerprint density at radius 2 is 2.26 bits per heavy atom. The average molecular weight is 320 g/mol. The highest BCUT2D eigenvalue weighted by molar-refractivity contribution is 9.10. The van der Waals surface area contributed by atoms with Crippen LogP contribution in [0.4, 0.5) is 0 Å². The number of nitrogens with two attached hydrogens (primary N) is 1. The lowest BCUT2D eigenvalue weighted by Gasteiger charge is -2.14. The number of aromatic nitrogens is 2. The summed E-state index contributed by atoms with van der Waals surface area (Å²) >= 11 is 3.54. The van der Waals surface area contributed by atoms with E-state index in [1.165, 1.54) is 5.56 Å². The molecule has 0 spiro atoms. The second kappa shape index (κ2) is 5.27. The smallest absolute Gasteiger partial charge is 0.125 e. The maximum atomic E-state index is 6.23. The lowest BCUT2D eigenvalue weighted by molar-refractivity contribution is 0.352. The van der Waals surface area contributed by atoms with Crippen LogP contribution in [0, 0.1) is 0 Å². The summed E-state index contributed by atoms with van der Waals surface area (Å²) < 4.78 is 6.79. The molecule has 2 heterocycles. The van der Waals surface area contributed by atoms with E-state index in [0.717, 1.165) is 40.8 Å². The van der Waals surface area contributed by atoms with E-state index in [4.69, 9.17) is 10.5 Å². The number of ether oxygens (including phenoxy) is 1. The Morgan fingerprint density at radius 1 is 1.37 bits per heavy atom. The Morgan fingerprint density at radius 3 is 3.05 bits per heavy atom. The first-order chi connectivity index (χ1) is 9.24. The van der Waals surface area contributed by atoms with Gasteiger partial charge in [-0.3, -0.25) is 0 Å². The first-order valence-corrected chi connectivity index (χ1v) is 6.99. The Kier molecular flexibility index (Phi) is 3.48. The first kappa shape index (κ1) is 12.6. The molecule has 4 nitrogen and oxygen atoms in total. The predicted octanol–water partition coefficient (Wildman–Crippen LogP) is 2.42. The number of nitrogens with zero attached hydrogens (tertiary/aromatic N) is 2. The zero-order valence-corrected chi connectivity index (χ0v) is 11.9. The fraction of sp³-hybridized carbons (Fsp3) is 0.286. The molecule has 98 valence electrons. The molecule has 0 bridgehead atoms. The van der Waals surface area contributed by atoms with Crippen LogP contribution in [0.5, 0.6) is 5.75 Å². The van der Waals surface area contributed by atoms with Crippen LogP contribution in [0.1, 0.15) is 22.7 Å². The zero-order valence-electron chi connectivity index (χ0n) is 10.3. The predicted molar refractivity (Wildman–Crippen MR) is 76.0 cm³/mol. The van der Waals surface area contributed by atoms with E-state index in [1.54, 1.807) is 12.4 Å². The van der Waals surface area contributed by atoms with Gasteiger partial charge in [-0.15, -0.1) is 0 Å². The van der Waals surface area contributed by atoms with E-state index >= 15 is 0 Å². The normalized spacial score (nSPS) is 14.8. The fourth-order valence-corrected chi connectivity index (χ4v) is 2.93. The van der Waals surface area contributed by atoms with Crippen molar-refractivity contribution >= 4 is 15.9 Å². The molecular weight excluding hydrogens is 306 g/mol. The van der Waals surface area contributed by atoms with Gasteiger partial charge in [0.2, 0.25) is 0 Å². The minimum Gasteiger partial charge on any atom is -0.493 e. The summed E-state index contributed by atoms with van der Waals surface area (Å²) in [6.45, 7) is 0.755. The average Bonchev–Trinajstić information content (AvgIpc) is 2.88. The van der Waals surface area contributed by atoms with E-state index in [0.29, 0.717) is 0 Å². The van der Waals surface area contributed by atoms with E-state index < -0.39 is 0 Å². The van der Waals surface area contributed by atoms with E-state index in [2.05, 4.69) is 38.3 Å². The van der Waals surface area contributed by atoms with Gasteiger partial charge < -0.3 is 10.5 Å². The van der Waals surface area contributed by atoms with E-state index in [9.17, 15) is 0 Å². The van der Waals surface area contributed by atoms with Crippen molar-refractivity contribution in [3.05, 3.63) is 51.8 Å². The molecule has 1 aromatic heterocycles. The van der Waals surface area contributed by atoms with Crippen LogP contribution in [0.15, 0.2) is 35.1 Å². The number of fused-ring (bicyclic) bond motifs is 1. The number of hydrogen-bond donors (Lipinski definition) is 1. The third kappa shape index (κ3) is 2.62. The second-order valence-electron chi connectivity index (χ2n) is 4.64. The molecule has 1 atom stereocenters. The Balaban J connectivity index is 1.88. The van der Waals surface area contributed by atoms with Gasteiger partial charge in [-0.2, -0.15) is 10.2 Å². The van der Waals surface area contributed by atoms with Crippen molar-refractivity contribution in [2.24, 2.45) is 5.73 Å². The molecule has 0 saturated heterocycles. The van der Waals surface area contributed by atoms with Gasteiger partial charge >= 0.3 is 0 Å². The first-order valence-electron chi connectivity index (χ1n) is 6.20. The minimum absolute atomic E-state index is 0.0990. The SMILES string of the molecule is NC(Cc1cc(Br)cc2c1OCC2)c1ccnnc1. The molecule has 3 rings (SSSR count). The van der Waals surface area contributed by atoms with Crippen molar-refractivity contribution in [2.75, 3.05) is 6.61 Å². The van der Waals surface area contributed by atoms with Gasteiger partial charge in [0.25, 0.3) is 0 Å². The lowest BCUT2D eigenvalue weighted by Crippen LogP contribution is -2.14. The highest BCUT2D eigenvalue weighted by Gasteiger charge is 2.19. The zero-order chi connectivity index (χ0) is 13.2. The molecule has 2 aromatic rings. The molecular formula is C14H14BrN3O. The number of hydrogen-bond acceptors (Lipinski definition) is 4. The molecule has 0 radical (unpaired) electrons. The highest BCUT2D eigenvalue weighted by Crippen LogP contribution is 2.34. The molecule has 1 unspecified atom stereocenters. The molecule has 1 aromatic carbocycles. The summed E-state index contributed by atoms with van der Waals surface area (Å²) in [6.07, 6.45) is 5.07. The van der Waals surface area contributed by atoms with Crippen LogP contribution >= 0.6 is 15.9 Å². The molecule has 1 aliphatic rings. The summed E-state index contributed by atoms with van der Waals surface area (Å²) in [5, 5.41) is 7.64. The van der Waals surface area contributed by atoms with Gasteiger partial charge in [0.05, 0.1) is 12.8 Å². The molecule has 0 saturated carbocycles. The van der Waals surface area contributed by atoms with Gasteiger partial charge in [0, 0.05) is 23.1 Å². The third-order valence-electron chi connectivity index (χ3n) is 3.30. The summed E-state index contributed by atoms with van der Waals surface area (Å²) in [6, 6.07) is 6.00. The standard InChI is InChI=1S/C14H14BrN3O/c15-12-5-9-2-4-19-14(9)11(6-12)7-13(16)10-1-3-17-18-8-10/h1,3,5-6,8,13H,2,4,7,16H2. The Labute approximate surface area is 120 Å². The summed E-state index contributed by atoms with van der Waals surface area (Å²) in [4.78, 5) is 0. The van der Waals surface area contributed by atoms with Crippen molar-refractivity contribution < 1.29 is 4.74 Å². The topological polar surface area (TPSA) is 61.0 Å². The van der Waals surface area contributed by atoms with Crippen molar-refractivity contribution in [1.29, 1.82) is 0 Å². The second-order valence-corrected chi connectivity index (χ2v) is 5.55. The Hall–Kier alpha value is -1.46. The molecule has 19 heavy (non-hydrogen) atoms. The Bertz CT molecular complexity index is 589. The lowest BCUT2D eigenvalue weighted by atomic mass is 9.98. The summed E-state index contributed by atoms with van der Waals surface area (Å²) in [5.41, 5.74) is 9.62. The van der Waals surface area contributed by atoms with Crippen molar-refractivity contribution in [3.8, 4) is 5.75 Å². The molecule has 0 amide bonds. The molecule has 5 heteroatoms. The molecule has 0 aliphatic carbocycles. The largest absolute Gasteiger partial charge is 0.493 e. The highest BCUT2D eigenvalue weighted by atomic mass is 79.9. The van der Waals surface area contributed by atoms with Gasteiger partial charge in [-0.1, -0.05) is 15.9 Å². The molecule has 2 N–H and O–H groups in total. The quantitative estimate of drug-likeness (QED) is 0.943. The van der Waals surface area contributed by atoms with Gasteiger partial charge in [-0.05, 0) is 41.3 Å². The summed E-state index contributed by atoms with van der Waals surface area (Å²) in [7, 11) is 0. The number of rotatable bonds is 3. The van der Waals surface area contributed by atoms with Crippen LogP contribution in [-0.2, 0) is 12.8 Å². The van der Waals surface area contributed by atoms with Gasteiger partial charge in [-0.25, -0.2) is 0 Å². The van der Waals surface area contributed by atoms with Crippen LogP contribution in [-0.4, -0.2) is 16.8 Å². The summed E-state index contributed by atoms with van der Waals surface area (Å²) in [5.74, 6) is 1.00. The number of benzene rings is 1. The van der Waals surface area contributed by atoms with Crippen LogP contribution in [0.25, 0.3) is 0 Å². The van der Waals surface area contributed by atoms with Crippen LogP contribution in [0.2, 0.25) is 0 Å². The van der Waals surface area contributed by atoms with Crippen molar-refractivity contribution in [1.82, 2.24) is 10.2 Å². The minimum atomic E-state index is -0.0990. The molecule has 1 aliphatic heterocycles. The molecule has 0 fully saturated rings. The van der Waals surface area contributed by atoms with Crippen molar-refractivity contribution in [3.63, 3.8) is 0 Å². The van der Waals surface area contributed by atoms with E-state index in [-0.39, 0.29) is 6.04 Å². The third-order valence-corrected chi connectivity index (χ3v) is 3.76. The maximum absolute atomic E-state index is 6.23. The van der Waals surface area contributed by atoms with E-state index in [1.807, 2.05) is 6.07 Å². The van der Waals surface area contributed by atoms with Gasteiger partial charge in [0.15, 0.2) is 0 Å². The maximum Gasteiger partial charge on any atom is 0.125 e. The van der Waals surface area contributed by atoms with Crippen molar-refractivity contribution in [2.45, 2.75) is 18.9 Å². The van der Waals surface area contributed by atoms with Crippen LogP contribution in [0.3, 0.4) is 0 Å².